The zero-order valence-corrected chi connectivity index (χ0v) is 14.8. The lowest BCUT2D eigenvalue weighted by atomic mass is 10.2. The van der Waals surface area contributed by atoms with Crippen LogP contribution in [0.2, 0.25) is 5.02 Å². The van der Waals surface area contributed by atoms with Gasteiger partial charge in [0.05, 0.1) is 17.6 Å². The first kappa shape index (κ1) is 17.9. The van der Waals surface area contributed by atoms with E-state index in [1.807, 2.05) is 30.3 Å². The number of halogens is 2. The summed E-state index contributed by atoms with van der Waals surface area (Å²) in [5.74, 6) is -0.268. The van der Waals surface area contributed by atoms with Crippen LogP contribution in [0.15, 0.2) is 48.2 Å². The first-order valence-corrected chi connectivity index (χ1v) is 8.26. The summed E-state index contributed by atoms with van der Waals surface area (Å²) in [6, 6.07) is 13.8. The molecule has 0 aliphatic heterocycles. The first-order chi connectivity index (χ1) is 12.5. The van der Waals surface area contributed by atoms with Gasteiger partial charge in [-0.3, -0.25) is 4.90 Å². The molecule has 0 radical (unpaired) electrons. The van der Waals surface area contributed by atoms with Gasteiger partial charge in [0.15, 0.2) is 5.82 Å². The number of imidazole rings is 1. The number of rotatable bonds is 5. The second-order valence-corrected chi connectivity index (χ2v) is 6.32. The maximum absolute atomic E-state index is 13.9. The number of nitrogens with zero attached hydrogens (tertiary/aromatic N) is 3. The Morgan fingerprint density at radius 3 is 2.77 bits per heavy atom. The van der Waals surface area contributed by atoms with Crippen molar-refractivity contribution in [3.05, 3.63) is 70.5 Å². The van der Waals surface area contributed by atoms with Crippen LogP contribution in [0.3, 0.4) is 0 Å². The summed E-state index contributed by atoms with van der Waals surface area (Å²) < 4.78 is 13.9. The molecule has 0 saturated heterocycles. The lowest BCUT2D eigenvalue weighted by Gasteiger charge is -2.18. The fourth-order valence-electron chi connectivity index (χ4n) is 2.67. The second-order valence-electron chi connectivity index (χ2n) is 5.91. The molecule has 2 N–H and O–H groups in total. The van der Waals surface area contributed by atoms with Gasteiger partial charge in [0.25, 0.3) is 0 Å². The van der Waals surface area contributed by atoms with Gasteiger partial charge < -0.3 is 10.1 Å². The molecule has 5 nitrogen and oxygen atoms in total. The van der Waals surface area contributed by atoms with Crippen LogP contribution in [0.1, 0.15) is 11.4 Å². The molecule has 3 aromatic rings. The van der Waals surface area contributed by atoms with Crippen molar-refractivity contribution in [2.24, 2.45) is 0 Å². The predicted octanol–water partition coefficient (Wildman–Crippen LogP) is 4.28. The van der Waals surface area contributed by atoms with Crippen molar-refractivity contribution in [1.29, 1.82) is 5.26 Å². The van der Waals surface area contributed by atoms with Crippen LogP contribution < -0.4 is 0 Å². The van der Waals surface area contributed by atoms with Crippen molar-refractivity contribution in [3.63, 3.8) is 0 Å². The van der Waals surface area contributed by atoms with Gasteiger partial charge >= 0.3 is 0 Å². The number of fused-ring (bicyclic) bond motifs is 1. The average Bonchev–Trinajstić information content (AvgIpc) is 3.02. The molecule has 0 spiro atoms. The van der Waals surface area contributed by atoms with Crippen LogP contribution >= 0.6 is 11.6 Å². The van der Waals surface area contributed by atoms with Crippen LogP contribution in [0.4, 0.5) is 4.39 Å². The molecule has 0 saturated carbocycles. The fourth-order valence-corrected chi connectivity index (χ4v) is 2.89. The highest BCUT2D eigenvalue weighted by Crippen LogP contribution is 2.22. The fraction of sp³-hybridized carbons (Fsp3) is 0.158. The van der Waals surface area contributed by atoms with Crippen LogP contribution in [0, 0.1) is 17.1 Å². The van der Waals surface area contributed by atoms with Gasteiger partial charge in [0.1, 0.15) is 23.2 Å². The number of likely N-dealkylation sites (N-methyl/N-ethyl adjacent to an activating group) is 1. The number of allylic oxidation sites excluding steroid dienone is 1. The summed E-state index contributed by atoms with van der Waals surface area (Å²) in [4.78, 5) is 9.01. The molecule has 132 valence electrons. The number of para-hydroxylation sites is 2. The van der Waals surface area contributed by atoms with E-state index in [0.717, 1.165) is 5.52 Å². The van der Waals surface area contributed by atoms with E-state index in [-0.39, 0.29) is 24.4 Å². The lowest BCUT2D eigenvalue weighted by molar-refractivity contribution is 0.283. The molecule has 0 aliphatic carbocycles. The predicted molar refractivity (Wildman–Crippen MR) is 99.0 cm³/mol. The third-order valence-corrected chi connectivity index (χ3v) is 4.29. The number of nitrogens with one attached hydrogen (secondary N) is 1. The first-order valence-electron chi connectivity index (χ1n) is 7.88. The van der Waals surface area contributed by atoms with Gasteiger partial charge in [-0.2, -0.15) is 5.26 Å². The summed E-state index contributed by atoms with van der Waals surface area (Å²) >= 11 is 6.03. The highest BCUT2D eigenvalue weighted by Gasteiger charge is 2.16. The number of aromatic nitrogens is 2. The summed E-state index contributed by atoms with van der Waals surface area (Å²) in [6.45, 7) is 0.235. The van der Waals surface area contributed by atoms with Crippen LogP contribution in [-0.4, -0.2) is 33.6 Å². The van der Waals surface area contributed by atoms with Gasteiger partial charge in [-0.1, -0.05) is 29.8 Å². The third kappa shape index (κ3) is 3.69. The molecule has 0 fully saturated rings. The van der Waals surface area contributed by atoms with E-state index in [1.54, 1.807) is 18.0 Å². The van der Waals surface area contributed by atoms with Crippen molar-refractivity contribution in [3.8, 4) is 6.07 Å². The standard InChI is InChI=1S/C19H16ClFN4O/c1-25(10-13-14(20)5-4-6-15(13)21)11-18(26)12(9-22)19-23-16-7-2-3-8-17(16)24-19/h2-8,26H,10-11H2,1H3,(H,23,24)/b18-12-. The molecular weight excluding hydrogens is 355 g/mol. The molecular formula is C19H16ClFN4O. The molecule has 0 unspecified atom stereocenters. The minimum atomic E-state index is -0.411. The highest BCUT2D eigenvalue weighted by molar-refractivity contribution is 6.31. The van der Waals surface area contributed by atoms with E-state index >= 15 is 0 Å². The molecule has 0 atom stereocenters. The number of benzene rings is 2. The van der Waals surface area contributed by atoms with Crippen LogP contribution in [-0.2, 0) is 6.54 Å². The van der Waals surface area contributed by atoms with Crippen molar-refractivity contribution < 1.29 is 9.50 Å². The van der Waals surface area contributed by atoms with Crippen molar-refractivity contribution >= 4 is 28.2 Å². The Balaban J connectivity index is 1.83. The Bertz CT molecular complexity index is 969. The number of aliphatic hydroxyl groups excluding tert-OH is 1. The zero-order valence-electron chi connectivity index (χ0n) is 14.0. The monoisotopic (exact) mass is 370 g/mol. The minimum absolute atomic E-state index is 0.0462. The number of aromatic amines is 1. The Hall–Kier alpha value is -2.88. The summed E-state index contributed by atoms with van der Waals surface area (Å²) in [7, 11) is 1.70. The molecule has 2 aromatic carbocycles. The molecule has 26 heavy (non-hydrogen) atoms. The maximum Gasteiger partial charge on any atom is 0.152 e. The number of nitriles is 1. The van der Waals surface area contributed by atoms with Gasteiger partial charge in [-0.25, -0.2) is 9.37 Å². The van der Waals surface area contributed by atoms with Crippen molar-refractivity contribution in [2.75, 3.05) is 13.6 Å². The zero-order chi connectivity index (χ0) is 18.7. The molecule has 0 aliphatic rings. The summed E-state index contributed by atoms with van der Waals surface area (Å²) in [5.41, 5.74) is 1.86. The molecule has 0 bridgehead atoms. The van der Waals surface area contributed by atoms with E-state index < -0.39 is 5.82 Å². The molecule has 1 heterocycles. The Labute approximate surface area is 155 Å². The normalized spacial score (nSPS) is 12.3. The van der Waals surface area contributed by atoms with Gasteiger partial charge in [-0.05, 0) is 31.3 Å². The summed E-state index contributed by atoms with van der Waals surface area (Å²) in [6.07, 6.45) is 0. The Kier molecular flexibility index (Phi) is 5.21. The molecule has 7 heteroatoms. The van der Waals surface area contributed by atoms with Gasteiger partial charge in [0.2, 0.25) is 0 Å². The average molecular weight is 371 g/mol. The lowest BCUT2D eigenvalue weighted by Crippen LogP contribution is -2.22. The maximum atomic E-state index is 13.9. The van der Waals surface area contributed by atoms with Crippen molar-refractivity contribution in [1.82, 2.24) is 14.9 Å². The smallest absolute Gasteiger partial charge is 0.152 e. The highest BCUT2D eigenvalue weighted by atomic mass is 35.5. The Morgan fingerprint density at radius 2 is 2.08 bits per heavy atom. The second kappa shape index (κ2) is 7.56. The SMILES string of the molecule is CN(C/C(O)=C(\C#N)c1nc2ccccc2[nH]1)Cc1c(F)cccc1Cl. The number of hydrogen-bond acceptors (Lipinski definition) is 4. The topological polar surface area (TPSA) is 75.9 Å². The molecule has 0 amide bonds. The number of hydrogen-bond donors (Lipinski definition) is 2. The van der Waals surface area contributed by atoms with E-state index in [4.69, 9.17) is 11.6 Å². The van der Waals surface area contributed by atoms with Gasteiger partial charge in [0, 0.05) is 17.1 Å². The van der Waals surface area contributed by atoms with Crippen LogP contribution in [0.5, 0.6) is 0 Å². The summed E-state index contributed by atoms with van der Waals surface area (Å²) in [5, 5.41) is 20.2. The quantitative estimate of drug-likeness (QED) is 0.519. The van der Waals surface area contributed by atoms with Crippen LogP contribution in [0.25, 0.3) is 16.6 Å². The largest absolute Gasteiger partial charge is 0.509 e. The number of H-pyrrole nitrogens is 1. The number of aliphatic hydroxyl groups is 1. The molecule has 3 rings (SSSR count). The van der Waals surface area contributed by atoms with E-state index in [2.05, 4.69) is 9.97 Å². The van der Waals surface area contributed by atoms with E-state index in [1.165, 1.54) is 12.1 Å². The third-order valence-electron chi connectivity index (χ3n) is 3.94. The van der Waals surface area contributed by atoms with Gasteiger partial charge in [-0.15, -0.1) is 0 Å². The minimum Gasteiger partial charge on any atom is -0.509 e. The Morgan fingerprint density at radius 1 is 1.31 bits per heavy atom. The van der Waals surface area contributed by atoms with E-state index in [0.29, 0.717) is 21.9 Å². The van der Waals surface area contributed by atoms with Crippen molar-refractivity contribution in [2.45, 2.75) is 6.54 Å². The van der Waals surface area contributed by atoms with E-state index in [9.17, 15) is 14.8 Å². The molecule has 1 aromatic heterocycles.